The zero-order valence-corrected chi connectivity index (χ0v) is 15.7. The fraction of sp³-hybridized carbons (Fsp3) is 0.409. The molecule has 0 saturated carbocycles. The minimum atomic E-state index is -0.635. The van der Waals surface area contributed by atoms with Crippen LogP contribution >= 0.6 is 0 Å². The van der Waals surface area contributed by atoms with Gasteiger partial charge in [-0.05, 0) is 43.2 Å². The maximum atomic E-state index is 12.4. The molecule has 2 N–H and O–H groups in total. The lowest BCUT2D eigenvalue weighted by Gasteiger charge is -2.38. The third kappa shape index (κ3) is 4.18. The van der Waals surface area contributed by atoms with Crippen LogP contribution in [0.2, 0.25) is 0 Å². The summed E-state index contributed by atoms with van der Waals surface area (Å²) in [5.74, 6) is 0.810. The SMILES string of the molecule is CCCCCCCOc1ccc(C2(C)NC(=O)c3ccccc3N2)cc1. The molecule has 1 heterocycles. The van der Waals surface area contributed by atoms with Crippen LogP contribution in [0.1, 0.15) is 61.9 Å². The quantitative estimate of drug-likeness (QED) is 0.653. The fourth-order valence-electron chi connectivity index (χ4n) is 3.31. The van der Waals surface area contributed by atoms with Crippen LogP contribution in [-0.4, -0.2) is 12.5 Å². The molecule has 0 aromatic heterocycles. The molecule has 138 valence electrons. The van der Waals surface area contributed by atoms with Gasteiger partial charge >= 0.3 is 0 Å². The number of amides is 1. The van der Waals surface area contributed by atoms with Crippen molar-refractivity contribution in [3.05, 3.63) is 59.7 Å². The van der Waals surface area contributed by atoms with Gasteiger partial charge in [-0.3, -0.25) is 4.79 Å². The van der Waals surface area contributed by atoms with E-state index >= 15 is 0 Å². The zero-order valence-electron chi connectivity index (χ0n) is 15.7. The summed E-state index contributed by atoms with van der Waals surface area (Å²) in [4.78, 5) is 12.4. The van der Waals surface area contributed by atoms with Crippen molar-refractivity contribution in [3.8, 4) is 5.75 Å². The number of fused-ring (bicyclic) bond motifs is 1. The first-order chi connectivity index (χ1) is 12.6. The molecule has 0 spiro atoms. The predicted octanol–water partition coefficient (Wildman–Crippen LogP) is 5.06. The number of ether oxygens (including phenoxy) is 1. The molecule has 0 radical (unpaired) electrons. The summed E-state index contributed by atoms with van der Waals surface area (Å²) in [5.41, 5.74) is 1.89. The molecule has 1 aliphatic rings. The van der Waals surface area contributed by atoms with E-state index in [2.05, 4.69) is 17.6 Å². The molecule has 1 atom stereocenters. The Hall–Kier alpha value is -2.49. The normalized spacial score (nSPS) is 18.6. The molecule has 4 nitrogen and oxygen atoms in total. The summed E-state index contributed by atoms with van der Waals surface area (Å²) in [6, 6.07) is 15.5. The van der Waals surface area contributed by atoms with Gasteiger partial charge in [0.25, 0.3) is 5.91 Å². The Labute approximate surface area is 156 Å². The Balaban J connectivity index is 1.61. The van der Waals surface area contributed by atoms with Crippen molar-refractivity contribution in [1.82, 2.24) is 5.32 Å². The number of unbranched alkanes of at least 4 members (excludes halogenated alkanes) is 4. The van der Waals surface area contributed by atoms with Crippen LogP contribution in [0, 0.1) is 0 Å². The van der Waals surface area contributed by atoms with E-state index in [0.717, 1.165) is 30.0 Å². The molecule has 0 fully saturated rings. The largest absolute Gasteiger partial charge is 0.494 e. The van der Waals surface area contributed by atoms with E-state index < -0.39 is 5.66 Å². The topological polar surface area (TPSA) is 50.4 Å². The highest BCUT2D eigenvalue weighted by Gasteiger charge is 2.34. The third-order valence-corrected chi connectivity index (χ3v) is 4.87. The van der Waals surface area contributed by atoms with Gasteiger partial charge in [-0.25, -0.2) is 0 Å². The molecule has 0 aliphatic carbocycles. The molecule has 3 rings (SSSR count). The average molecular weight is 352 g/mol. The standard InChI is InChI=1S/C22H28N2O2/c1-3-4-5-6-9-16-26-18-14-12-17(13-15-18)22(2)23-20-11-8-7-10-19(20)21(25)24-22/h7-8,10-15,23H,3-6,9,16H2,1-2H3,(H,24,25). The van der Waals surface area contributed by atoms with Gasteiger partial charge in [-0.1, -0.05) is 56.9 Å². The molecule has 1 amide bonds. The maximum Gasteiger partial charge on any atom is 0.255 e. The number of anilines is 1. The first kappa shape index (κ1) is 18.3. The molecular weight excluding hydrogens is 324 g/mol. The van der Waals surface area contributed by atoms with Crippen molar-refractivity contribution in [3.63, 3.8) is 0 Å². The Morgan fingerprint density at radius 2 is 1.65 bits per heavy atom. The van der Waals surface area contributed by atoms with Crippen LogP contribution in [0.3, 0.4) is 0 Å². The molecule has 1 aliphatic heterocycles. The van der Waals surface area contributed by atoms with Gasteiger partial charge in [-0.2, -0.15) is 0 Å². The predicted molar refractivity (Wildman–Crippen MR) is 106 cm³/mol. The second kappa shape index (κ2) is 8.26. The second-order valence-electron chi connectivity index (χ2n) is 7.04. The van der Waals surface area contributed by atoms with Crippen molar-refractivity contribution in [2.45, 2.75) is 51.6 Å². The summed E-state index contributed by atoms with van der Waals surface area (Å²) in [6.07, 6.45) is 6.16. The van der Waals surface area contributed by atoms with Gasteiger partial charge in [0.05, 0.1) is 12.2 Å². The van der Waals surface area contributed by atoms with Crippen LogP contribution in [-0.2, 0) is 5.66 Å². The highest BCUT2D eigenvalue weighted by molar-refractivity contribution is 6.02. The summed E-state index contributed by atoms with van der Waals surface area (Å²) in [6.45, 7) is 4.95. The minimum Gasteiger partial charge on any atom is -0.494 e. The number of hydrogen-bond acceptors (Lipinski definition) is 3. The molecule has 0 bridgehead atoms. The number of nitrogens with one attached hydrogen (secondary N) is 2. The van der Waals surface area contributed by atoms with Crippen molar-refractivity contribution in [2.24, 2.45) is 0 Å². The zero-order chi connectivity index (χ0) is 18.4. The Bertz CT molecular complexity index is 742. The van der Waals surface area contributed by atoms with Gasteiger partial charge in [0.2, 0.25) is 0 Å². The van der Waals surface area contributed by atoms with Gasteiger partial charge in [0, 0.05) is 5.69 Å². The summed E-state index contributed by atoms with van der Waals surface area (Å²) in [5, 5.41) is 6.50. The average Bonchev–Trinajstić information content (AvgIpc) is 2.65. The highest BCUT2D eigenvalue weighted by Crippen LogP contribution is 2.31. The molecular formula is C22H28N2O2. The van der Waals surface area contributed by atoms with Crippen molar-refractivity contribution in [2.75, 3.05) is 11.9 Å². The second-order valence-corrected chi connectivity index (χ2v) is 7.04. The first-order valence-corrected chi connectivity index (χ1v) is 9.55. The van der Waals surface area contributed by atoms with E-state index in [1.54, 1.807) is 0 Å². The van der Waals surface area contributed by atoms with Crippen LogP contribution < -0.4 is 15.4 Å². The minimum absolute atomic E-state index is 0.0609. The summed E-state index contributed by atoms with van der Waals surface area (Å²) >= 11 is 0. The number of rotatable bonds is 8. The molecule has 2 aromatic rings. The Morgan fingerprint density at radius 3 is 2.42 bits per heavy atom. The van der Waals surface area contributed by atoms with Gasteiger partial charge in [0.1, 0.15) is 11.4 Å². The van der Waals surface area contributed by atoms with Crippen molar-refractivity contribution >= 4 is 11.6 Å². The monoisotopic (exact) mass is 352 g/mol. The molecule has 0 saturated heterocycles. The van der Waals surface area contributed by atoms with Crippen LogP contribution in [0.4, 0.5) is 5.69 Å². The van der Waals surface area contributed by atoms with Crippen LogP contribution in [0.5, 0.6) is 5.75 Å². The Morgan fingerprint density at radius 1 is 0.923 bits per heavy atom. The van der Waals surface area contributed by atoms with Crippen molar-refractivity contribution in [1.29, 1.82) is 0 Å². The van der Waals surface area contributed by atoms with Crippen LogP contribution in [0.15, 0.2) is 48.5 Å². The molecule has 2 aromatic carbocycles. The van der Waals surface area contributed by atoms with E-state index in [-0.39, 0.29) is 5.91 Å². The number of benzene rings is 2. The number of carbonyl (C=O) groups is 1. The lowest BCUT2D eigenvalue weighted by molar-refractivity contribution is 0.0906. The lowest BCUT2D eigenvalue weighted by Crippen LogP contribution is -2.52. The van der Waals surface area contributed by atoms with E-state index in [0.29, 0.717) is 5.56 Å². The maximum absolute atomic E-state index is 12.4. The fourth-order valence-corrected chi connectivity index (χ4v) is 3.31. The Kier molecular flexibility index (Phi) is 5.82. The lowest BCUT2D eigenvalue weighted by atomic mass is 9.96. The molecule has 26 heavy (non-hydrogen) atoms. The first-order valence-electron chi connectivity index (χ1n) is 9.55. The number of carbonyl (C=O) groups excluding carboxylic acids is 1. The number of para-hydroxylation sites is 1. The highest BCUT2D eigenvalue weighted by atomic mass is 16.5. The van der Waals surface area contributed by atoms with E-state index in [1.165, 1.54) is 25.7 Å². The third-order valence-electron chi connectivity index (χ3n) is 4.87. The van der Waals surface area contributed by atoms with Gasteiger partial charge in [0.15, 0.2) is 0 Å². The van der Waals surface area contributed by atoms with Crippen LogP contribution in [0.25, 0.3) is 0 Å². The molecule has 4 heteroatoms. The van der Waals surface area contributed by atoms with E-state index in [4.69, 9.17) is 4.74 Å². The summed E-state index contributed by atoms with van der Waals surface area (Å²) in [7, 11) is 0. The summed E-state index contributed by atoms with van der Waals surface area (Å²) < 4.78 is 5.83. The van der Waals surface area contributed by atoms with Gasteiger partial charge < -0.3 is 15.4 Å². The van der Waals surface area contributed by atoms with E-state index in [1.807, 2.05) is 55.5 Å². The van der Waals surface area contributed by atoms with Gasteiger partial charge in [-0.15, -0.1) is 0 Å². The number of hydrogen-bond donors (Lipinski definition) is 2. The smallest absolute Gasteiger partial charge is 0.255 e. The molecule has 1 unspecified atom stereocenters. The van der Waals surface area contributed by atoms with Crippen molar-refractivity contribution < 1.29 is 9.53 Å². The van der Waals surface area contributed by atoms with E-state index in [9.17, 15) is 4.79 Å².